The maximum atomic E-state index is 13.1. The number of carbonyl (C=O) groups excluding carboxylic acids is 1. The molecule has 2 aliphatic heterocycles. The van der Waals surface area contributed by atoms with Crippen molar-refractivity contribution in [3.8, 4) is 11.5 Å². The van der Waals surface area contributed by atoms with Crippen LogP contribution in [0.1, 0.15) is 31.4 Å². The Labute approximate surface area is 198 Å². The third kappa shape index (κ3) is 4.71. The minimum Gasteiger partial charge on any atom is -0.486 e. The van der Waals surface area contributed by atoms with E-state index in [1.54, 1.807) is 30.1 Å². The molecule has 0 N–H and O–H groups in total. The van der Waals surface area contributed by atoms with E-state index in [4.69, 9.17) is 9.47 Å². The van der Waals surface area contributed by atoms with Crippen molar-refractivity contribution < 1.29 is 27.6 Å². The molecule has 0 aromatic heterocycles. The van der Waals surface area contributed by atoms with Gasteiger partial charge in [-0.1, -0.05) is 12.1 Å². The fourth-order valence-corrected chi connectivity index (χ4v) is 5.76. The zero-order valence-corrected chi connectivity index (χ0v) is 19.9. The summed E-state index contributed by atoms with van der Waals surface area (Å²) >= 11 is 0. The number of carbonyl (C=O) groups is 1. The molecule has 2 aromatic carbocycles. The molecule has 2 heterocycles. The second kappa shape index (κ2) is 9.59. The number of non-ortho nitro benzene ring substituents is 1. The zero-order valence-electron chi connectivity index (χ0n) is 19.0. The number of hydrogen-bond acceptors (Lipinski definition) is 7. The van der Waals surface area contributed by atoms with Crippen LogP contribution in [0.4, 0.5) is 5.69 Å². The van der Waals surface area contributed by atoms with Crippen molar-refractivity contribution in [2.24, 2.45) is 5.92 Å². The summed E-state index contributed by atoms with van der Waals surface area (Å²) in [5.41, 5.74) is 0.645. The minimum atomic E-state index is -3.73. The van der Waals surface area contributed by atoms with Gasteiger partial charge in [0.05, 0.1) is 15.9 Å². The summed E-state index contributed by atoms with van der Waals surface area (Å²) in [6, 6.07) is 10.5. The van der Waals surface area contributed by atoms with Crippen LogP contribution < -0.4 is 9.47 Å². The first-order valence-corrected chi connectivity index (χ1v) is 12.5. The number of amides is 1. The topological polar surface area (TPSA) is 119 Å². The Morgan fingerprint density at radius 2 is 1.79 bits per heavy atom. The lowest BCUT2D eigenvalue weighted by molar-refractivity contribution is -0.384. The Balaban J connectivity index is 1.40. The summed E-state index contributed by atoms with van der Waals surface area (Å²) in [5.74, 6) is 0.512. The highest BCUT2D eigenvalue weighted by molar-refractivity contribution is 7.89. The van der Waals surface area contributed by atoms with Gasteiger partial charge < -0.3 is 14.4 Å². The predicted molar refractivity (Wildman–Crippen MR) is 123 cm³/mol. The van der Waals surface area contributed by atoms with Gasteiger partial charge in [0.2, 0.25) is 15.9 Å². The van der Waals surface area contributed by atoms with E-state index in [9.17, 15) is 23.3 Å². The normalized spacial score (nSPS) is 17.7. The highest BCUT2D eigenvalue weighted by Crippen LogP contribution is 2.34. The number of hydrogen-bond donors (Lipinski definition) is 0. The number of rotatable bonds is 6. The van der Waals surface area contributed by atoms with E-state index in [0.717, 1.165) is 0 Å². The van der Waals surface area contributed by atoms with Gasteiger partial charge in [-0.3, -0.25) is 14.9 Å². The van der Waals surface area contributed by atoms with E-state index < -0.39 is 14.9 Å². The van der Waals surface area contributed by atoms with E-state index in [0.29, 0.717) is 43.1 Å². The average Bonchev–Trinajstić information content (AvgIpc) is 2.87. The standard InChI is InChI=1S/C23H27N3O7S/c1-16(18-4-3-5-19(14-18)26(28)29)24(2)23(27)17-8-10-25(11-9-17)34(30,31)20-6-7-21-22(15-20)33-13-12-32-21/h3-7,14-17H,8-13H2,1-2H3/t16-/m1/s1. The molecule has 2 aromatic rings. The van der Waals surface area contributed by atoms with Gasteiger partial charge in [-0.25, -0.2) is 8.42 Å². The van der Waals surface area contributed by atoms with Gasteiger partial charge in [0.1, 0.15) is 13.2 Å². The Bertz CT molecular complexity index is 1190. The molecule has 4 rings (SSSR count). The molecule has 0 aliphatic carbocycles. The second-order valence-corrected chi connectivity index (χ2v) is 10.4. The fourth-order valence-electron chi connectivity index (χ4n) is 4.28. The van der Waals surface area contributed by atoms with E-state index in [1.807, 2.05) is 6.92 Å². The van der Waals surface area contributed by atoms with Gasteiger partial charge in [0.15, 0.2) is 11.5 Å². The molecule has 11 heteroatoms. The number of ether oxygens (including phenoxy) is 2. The van der Waals surface area contributed by atoms with Crippen molar-refractivity contribution in [3.63, 3.8) is 0 Å². The molecular weight excluding hydrogens is 462 g/mol. The van der Waals surface area contributed by atoms with Crippen molar-refractivity contribution in [2.45, 2.75) is 30.7 Å². The Morgan fingerprint density at radius 3 is 2.47 bits per heavy atom. The fraction of sp³-hybridized carbons (Fsp3) is 0.435. The first kappa shape index (κ1) is 24.0. The van der Waals surface area contributed by atoms with Crippen LogP contribution in [0, 0.1) is 16.0 Å². The predicted octanol–water partition coefficient (Wildman–Crippen LogP) is 2.99. The van der Waals surface area contributed by atoms with Crippen molar-refractivity contribution in [1.82, 2.24) is 9.21 Å². The van der Waals surface area contributed by atoms with Gasteiger partial charge in [0, 0.05) is 44.3 Å². The van der Waals surface area contributed by atoms with Crippen LogP contribution in [0.2, 0.25) is 0 Å². The molecule has 1 amide bonds. The lowest BCUT2D eigenvalue weighted by Gasteiger charge is -2.34. The van der Waals surface area contributed by atoms with Crippen molar-refractivity contribution in [1.29, 1.82) is 0 Å². The van der Waals surface area contributed by atoms with E-state index in [2.05, 4.69) is 0 Å². The van der Waals surface area contributed by atoms with E-state index >= 15 is 0 Å². The average molecular weight is 490 g/mol. The summed E-state index contributed by atoms with van der Waals surface area (Å²) in [5, 5.41) is 11.1. The molecule has 1 fully saturated rings. The molecule has 182 valence electrons. The van der Waals surface area contributed by atoms with Gasteiger partial charge >= 0.3 is 0 Å². The van der Waals surface area contributed by atoms with Crippen LogP contribution in [-0.4, -0.2) is 61.8 Å². The molecule has 0 unspecified atom stereocenters. The molecular formula is C23H27N3O7S. The number of nitro groups is 1. The van der Waals surface area contributed by atoms with Crippen LogP contribution in [0.15, 0.2) is 47.4 Å². The smallest absolute Gasteiger partial charge is 0.269 e. The largest absolute Gasteiger partial charge is 0.486 e. The van der Waals surface area contributed by atoms with E-state index in [-0.39, 0.29) is 41.5 Å². The van der Waals surface area contributed by atoms with Crippen molar-refractivity contribution in [3.05, 3.63) is 58.1 Å². The van der Waals surface area contributed by atoms with E-state index in [1.165, 1.54) is 28.6 Å². The monoisotopic (exact) mass is 489 g/mol. The Kier molecular flexibility index (Phi) is 6.76. The molecule has 1 atom stereocenters. The van der Waals surface area contributed by atoms with Gasteiger partial charge in [-0.2, -0.15) is 4.31 Å². The quantitative estimate of drug-likeness (QED) is 0.452. The summed E-state index contributed by atoms with van der Waals surface area (Å²) < 4.78 is 38.6. The molecule has 2 aliphatic rings. The van der Waals surface area contributed by atoms with Crippen LogP contribution >= 0.6 is 0 Å². The van der Waals surface area contributed by atoms with Crippen molar-refractivity contribution >= 4 is 21.6 Å². The molecule has 10 nitrogen and oxygen atoms in total. The maximum Gasteiger partial charge on any atom is 0.269 e. The van der Waals surface area contributed by atoms with Gasteiger partial charge in [-0.05, 0) is 37.5 Å². The van der Waals surface area contributed by atoms with Gasteiger partial charge in [0.25, 0.3) is 5.69 Å². The molecule has 0 saturated carbocycles. The summed E-state index contributed by atoms with van der Waals surface area (Å²) in [4.78, 5) is 25.4. The summed E-state index contributed by atoms with van der Waals surface area (Å²) in [6.45, 7) is 3.07. The molecule has 0 spiro atoms. The number of nitro benzene ring substituents is 1. The molecule has 1 saturated heterocycles. The number of nitrogens with zero attached hydrogens (tertiary/aromatic N) is 3. The lowest BCUT2D eigenvalue weighted by atomic mass is 9.95. The number of piperidine rings is 1. The summed E-state index contributed by atoms with van der Waals surface area (Å²) in [7, 11) is -2.06. The molecule has 0 radical (unpaired) electrons. The number of fused-ring (bicyclic) bond motifs is 1. The third-order valence-corrected chi connectivity index (χ3v) is 8.34. The SMILES string of the molecule is C[C@H](c1cccc([N+](=O)[O-])c1)N(C)C(=O)C1CCN(S(=O)(=O)c2ccc3c(c2)OCCO3)CC1. The molecule has 0 bridgehead atoms. The van der Waals surface area contributed by atoms with Crippen LogP contribution in [-0.2, 0) is 14.8 Å². The molecule has 34 heavy (non-hydrogen) atoms. The third-order valence-electron chi connectivity index (χ3n) is 6.45. The van der Waals surface area contributed by atoms with Crippen LogP contribution in [0.3, 0.4) is 0 Å². The maximum absolute atomic E-state index is 13.1. The Hall–Kier alpha value is -3.18. The highest BCUT2D eigenvalue weighted by atomic mass is 32.2. The first-order chi connectivity index (χ1) is 16.2. The van der Waals surface area contributed by atoms with Crippen molar-refractivity contribution in [2.75, 3.05) is 33.4 Å². The Morgan fingerprint density at radius 1 is 1.12 bits per heavy atom. The first-order valence-electron chi connectivity index (χ1n) is 11.1. The summed E-state index contributed by atoms with van der Waals surface area (Å²) in [6.07, 6.45) is 0.795. The van der Waals surface area contributed by atoms with Gasteiger partial charge in [-0.15, -0.1) is 0 Å². The van der Waals surface area contributed by atoms with Crippen LogP contribution in [0.5, 0.6) is 11.5 Å². The zero-order chi connectivity index (χ0) is 24.5. The number of benzene rings is 2. The lowest BCUT2D eigenvalue weighted by Crippen LogP contribution is -2.44. The second-order valence-electron chi connectivity index (χ2n) is 8.46. The highest BCUT2D eigenvalue weighted by Gasteiger charge is 2.35. The minimum absolute atomic E-state index is 0.0251. The number of sulfonamides is 1. The van der Waals surface area contributed by atoms with Crippen LogP contribution in [0.25, 0.3) is 0 Å².